The van der Waals surface area contributed by atoms with E-state index in [9.17, 15) is 27.5 Å². The number of carbonyl (C=O) groups is 1. The molecule has 0 saturated heterocycles. The molecule has 1 amide bonds. The fourth-order valence-corrected chi connectivity index (χ4v) is 6.47. The third-order valence-corrected chi connectivity index (χ3v) is 8.51. The number of rotatable bonds is 6. The topological polar surface area (TPSA) is 156 Å². The second kappa shape index (κ2) is 8.82. The van der Waals surface area contributed by atoms with Gasteiger partial charge in [-0.05, 0) is 56.2 Å². The summed E-state index contributed by atoms with van der Waals surface area (Å²) in [6, 6.07) is 5.47. The van der Waals surface area contributed by atoms with Gasteiger partial charge in [0.1, 0.15) is 16.5 Å². The number of sulfonamides is 1. The highest BCUT2D eigenvalue weighted by Gasteiger charge is 2.47. The van der Waals surface area contributed by atoms with Crippen LogP contribution in [0.2, 0.25) is 0 Å². The Hall–Kier alpha value is -3.58. The van der Waals surface area contributed by atoms with Gasteiger partial charge in [-0.1, -0.05) is 17.3 Å². The summed E-state index contributed by atoms with van der Waals surface area (Å²) in [6.07, 6.45) is 3.06. The van der Waals surface area contributed by atoms with E-state index in [1.807, 2.05) is 0 Å². The summed E-state index contributed by atoms with van der Waals surface area (Å²) in [6.45, 7) is 1.73. The van der Waals surface area contributed by atoms with E-state index in [4.69, 9.17) is 4.52 Å². The zero-order valence-corrected chi connectivity index (χ0v) is 20.1. The van der Waals surface area contributed by atoms with Crippen molar-refractivity contribution in [3.05, 3.63) is 69.5 Å². The number of aromatic hydroxyl groups is 1. The van der Waals surface area contributed by atoms with Gasteiger partial charge in [-0.3, -0.25) is 14.2 Å². The molecule has 3 N–H and O–H groups in total. The molecule has 11 nitrogen and oxygen atoms in total. The molecule has 3 aromatic rings. The highest BCUT2D eigenvalue weighted by Crippen LogP contribution is 2.43. The minimum atomic E-state index is -4.11. The predicted molar refractivity (Wildman–Crippen MR) is 123 cm³/mol. The molecule has 4 heterocycles. The summed E-state index contributed by atoms with van der Waals surface area (Å²) in [5.41, 5.74) is -1.99. The van der Waals surface area contributed by atoms with E-state index in [0.717, 1.165) is 6.20 Å². The van der Waals surface area contributed by atoms with Gasteiger partial charge in [-0.25, -0.2) is 17.8 Å². The van der Waals surface area contributed by atoms with Crippen molar-refractivity contribution in [1.82, 2.24) is 24.7 Å². The molecule has 36 heavy (non-hydrogen) atoms. The number of hydrogen-bond acceptors (Lipinski definition) is 8. The van der Waals surface area contributed by atoms with Crippen LogP contribution < -0.4 is 15.6 Å². The van der Waals surface area contributed by atoms with E-state index < -0.39 is 44.3 Å². The Bertz CT molecular complexity index is 1490. The second-order valence-corrected chi connectivity index (χ2v) is 10.9. The SMILES string of the molecule is Cc1oncc1S(=O)(=O)NC12CCC(CC1)Cn1c2nc(C(=O)NCc2ccc(F)cc2)c(O)c1=O. The maximum Gasteiger partial charge on any atom is 0.296 e. The van der Waals surface area contributed by atoms with E-state index in [2.05, 4.69) is 20.2 Å². The number of nitrogens with zero attached hydrogens (tertiary/aromatic N) is 3. The van der Waals surface area contributed by atoms with Crippen LogP contribution in [0.15, 0.2) is 44.7 Å². The molecule has 1 saturated carbocycles. The normalized spacial score (nSPS) is 21.1. The fourth-order valence-electron chi connectivity index (χ4n) is 4.95. The van der Waals surface area contributed by atoms with Crippen LogP contribution in [0.1, 0.15) is 53.3 Å². The van der Waals surface area contributed by atoms with Gasteiger partial charge in [0.25, 0.3) is 11.5 Å². The molecule has 0 unspecified atom stereocenters. The van der Waals surface area contributed by atoms with Crippen molar-refractivity contribution < 1.29 is 27.2 Å². The Kier molecular flexibility index (Phi) is 5.91. The largest absolute Gasteiger partial charge is 0.501 e. The molecule has 0 spiro atoms. The number of aryl methyl sites for hydroxylation is 1. The highest BCUT2D eigenvalue weighted by atomic mass is 32.2. The van der Waals surface area contributed by atoms with Crippen molar-refractivity contribution in [3.63, 3.8) is 0 Å². The molecule has 1 aliphatic carbocycles. The fraction of sp³-hybridized carbons (Fsp3) is 0.391. The zero-order valence-electron chi connectivity index (χ0n) is 19.3. The Morgan fingerprint density at radius 1 is 1.28 bits per heavy atom. The minimum absolute atomic E-state index is 0.00522. The number of benzene rings is 1. The molecule has 1 aromatic carbocycles. The van der Waals surface area contributed by atoms with E-state index >= 15 is 0 Å². The molecule has 2 aliphatic heterocycles. The molecule has 0 atom stereocenters. The number of hydrogen-bond donors (Lipinski definition) is 3. The maximum absolute atomic E-state index is 13.3. The number of aromatic nitrogens is 3. The van der Waals surface area contributed by atoms with Crippen LogP contribution >= 0.6 is 0 Å². The first kappa shape index (κ1) is 24.1. The van der Waals surface area contributed by atoms with E-state index in [1.54, 1.807) is 0 Å². The lowest BCUT2D eigenvalue weighted by molar-refractivity contribution is 0.0941. The van der Waals surface area contributed by atoms with Crippen molar-refractivity contribution >= 4 is 15.9 Å². The molecular weight excluding hydrogens is 493 g/mol. The standard InChI is InChI=1S/C23H24FN5O6S/c1-13-17(11-26-35-13)36(33,34)28-23-8-6-15(7-9-23)12-29-21(32)19(30)18(27-22(23)29)20(31)25-10-14-2-4-16(24)5-3-14/h2-5,11,15,28,30H,6-10,12H2,1H3,(H,25,31). The molecule has 190 valence electrons. The smallest absolute Gasteiger partial charge is 0.296 e. The van der Waals surface area contributed by atoms with Crippen LogP contribution in [0.3, 0.4) is 0 Å². The molecule has 1 fully saturated rings. The molecule has 2 bridgehead atoms. The highest BCUT2D eigenvalue weighted by molar-refractivity contribution is 7.89. The van der Waals surface area contributed by atoms with Gasteiger partial charge in [-0.2, -0.15) is 4.72 Å². The molecule has 2 aromatic heterocycles. The summed E-state index contributed by atoms with van der Waals surface area (Å²) in [4.78, 5) is 30.3. The number of fused-ring (bicyclic) bond motifs is 2. The minimum Gasteiger partial charge on any atom is -0.501 e. The molecular formula is C23H24FN5O6S. The summed E-state index contributed by atoms with van der Waals surface area (Å²) < 4.78 is 48.6. The van der Waals surface area contributed by atoms with E-state index in [-0.39, 0.29) is 35.5 Å². The quantitative estimate of drug-likeness (QED) is 0.446. The second-order valence-electron chi connectivity index (χ2n) is 9.23. The number of carbonyl (C=O) groups excluding carboxylic acids is 1. The van der Waals surface area contributed by atoms with Gasteiger partial charge in [0.05, 0.1) is 11.7 Å². The Morgan fingerprint density at radius 2 is 1.97 bits per heavy atom. The van der Waals surface area contributed by atoms with Gasteiger partial charge in [0, 0.05) is 13.1 Å². The van der Waals surface area contributed by atoms with Crippen LogP contribution in [0.25, 0.3) is 0 Å². The van der Waals surface area contributed by atoms with Gasteiger partial charge in [-0.15, -0.1) is 0 Å². The summed E-state index contributed by atoms with van der Waals surface area (Å²) in [5.74, 6) is -1.77. The van der Waals surface area contributed by atoms with Gasteiger partial charge < -0.3 is 14.9 Å². The maximum atomic E-state index is 13.3. The van der Waals surface area contributed by atoms with Crippen LogP contribution in [0.4, 0.5) is 4.39 Å². The predicted octanol–water partition coefficient (Wildman–Crippen LogP) is 1.69. The van der Waals surface area contributed by atoms with Crippen molar-refractivity contribution in [1.29, 1.82) is 0 Å². The van der Waals surface area contributed by atoms with Gasteiger partial charge >= 0.3 is 0 Å². The first-order chi connectivity index (χ1) is 17.1. The lowest BCUT2D eigenvalue weighted by atomic mass is 9.78. The van der Waals surface area contributed by atoms with E-state index in [1.165, 1.54) is 35.8 Å². The third kappa shape index (κ3) is 4.17. The summed E-state index contributed by atoms with van der Waals surface area (Å²) in [7, 11) is -4.11. The Balaban J connectivity index is 1.54. The van der Waals surface area contributed by atoms with Crippen molar-refractivity contribution in [2.75, 3.05) is 0 Å². The molecule has 6 rings (SSSR count). The summed E-state index contributed by atoms with van der Waals surface area (Å²) >= 11 is 0. The van der Waals surface area contributed by atoms with Crippen LogP contribution in [0, 0.1) is 18.7 Å². The van der Waals surface area contributed by atoms with Crippen LogP contribution in [-0.2, 0) is 28.7 Å². The molecule has 0 radical (unpaired) electrons. The summed E-state index contributed by atoms with van der Waals surface area (Å²) in [5, 5.41) is 16.7. The lowest BCUT2D eigenvalue weighted by Gasteiger charge is -2.36. The average molecular weight is 518 g/mol. The molecule has 3 aliphatic rings. The van der Waals surface area contributed by atoms with Gasteiger partial charge in [0.2, 0.25) is 15.8 Å². The van der Waals surface area contributed by atoms with Crippen molar-refractivity contribution in [2.45, 2.75) is 56.1 Å². The Labute approximate surface area is 205 Å². The number of nitrogens with one attached hydrogen (secondary N) is 2. The monoisotopic (exact) mass is 517 g/mol. The number of halogens is 1. The third-order valence-electron chi connectivity index (χ3n) is 6.88. The lowest BCUT2D eigenvalue weighted by Crippen LogP contribution is -2.49. The Morgan fingerprint density at radius 3 is 2.61 bits per heavy atom. The first-order valence-electron chi connectivity index (χ1n) is 11.4. The molecule has 13 heteroatoms. The van der Waals surface area contributed by atoms with Crippen molar-refractivity contribution in [3.8, 4) is 5.75 Å². The zero-order chi connectivity index (χ0) is 25.7. The van der Waals surface area contributed by atoms with Crippen LogP contribution in [-0.4, -0.2) is 34.1 Å². The van der Waals surface area contributed by atoms with Crippen LogP contribution in [0.5, 0.6) is 5.75 Å². The average Bonchev–Trinajstić information content (AvgIpc) is 3.17. The van der Waals surface area contributed by atoms with E-state index in [0.29, 0.717) is 31.2 Å². The first-order valence-corrected chi connectivity index (χ1v) is 12.9. The van der Waals surface area contributed by atoms with Crippen molar-refractivity contribution in [2.24, 2.45) is 5.92 Å². The van der Waals surface area contributed by atoms with Gasteiger partial charge in [0.15, 0.2) is 11.5 Å². The number of amides is 1.